The lowest BCUT2D eigenvalue weighted by Crippen LogP contribution is -1.97. The van der Waals surface area contributed by atoms with Crippen LogP contribution in [0.4, 0.5) is 0 Å². The van der Waals surface area contributed by atoms with Gasteiger partial charge in [-0.2, -0.15) is 0 Å². The predicted molar refractivity (Wildman–Crippen MR) is 36.9 cm³/mol. The van der Waals surface area contributed by atoms with E-state index in [0.717, 1.165) is 11.6 Å². The molecule has 0 saturated heterocycles. The Morgan fingerprint density at radius 2 is 2.67 bits per heavy atom. The van der Waals surface area contributed by atoms with Crippen molar-refractivity contribution in [3.63, 3.8) is 0 Å². The van der Waals surface area contributed by atoms with Gasteiger partial charge in [0.2, 0.25) is 0 Å². The Kier molecular flexibility index (Phi) is 2.10. The summed E-state index contributed by atoms with van der Waals surface area (Å²) in [6.07, 6.45) is 5.36. The SMILES string of the molecule is [CH2]Sc1cnnn1CC. The molecule has 49 valence electrons. The Bertz CT molecular complexity index is 166. The highest BCUT2D eigenvalue weighted by atomic mass is 32.2. The van der Waals surface area contributed by atoms with Crippen molar-refractivity contribution in [1.82, 2.24) is 15.0 Å². The predicted octanol–water partition coefficient (Wildman–Crippen LogP) is 1.18. The van der Waals surface area contributed by atoms with E-state index < -0.39 is 0 Å². The third kappa shape index (κ3) is 1.24. The second kappa shape index (κ2) is 2.87. The quantitative estimate of drug-likeness (QED) is 0.581. The molecule has 1 aromatic rings. The zero-order valence-corrected chi connectivity index (χ0v) is 6.06. The molecule has 1 aromatic heterocycles. The lowest BCUT2D eigenvalue weighted by atomic mass is 10.7. The zero-order chi connectivity index (χ0) is 6.69. The van der Waals surface area contributed by atoms with Crippen LogP contribution in [0, 0.1) is 6.26 Å². The largest absolute Gasteiger partial charge is 0.239 e. The topological polar surface area (TPSA) is 30.7 Å². The Hall–Kier alpha value is -0.510. The molecule has 0 unspecified atom stereocenters. The molecule has 0 spiro atoms. The van der Waals surface area contributed by atoms with E-state index in [4.69, 9.17) is 0 Å². The monoisotopic (exact) mass is 142 g/mol. The fourth-order valence-corrected chi connectivity index (χ4v) is 1.02. The van der Waals surface area contributed by atoms with E-state index in [1.807, 2.05) is 6.92 Å². The number of hydrogen-bond acceptors (Lipinski definition) is 3. The molecule has 0 fully saturated rings. The van der Waals surface area contributed by atoms with Crippen LogP contribution >= 0.6 is 11.8 Å². The van der Waals surface area contributed by atoms with Gasteiger partial charge in [0.15, 0.2) is 0 Å². The summed E-state index contributed by atoms with van der Waals surface area (Å²) in [7, 11) is 0. The van der Waals surface area contributed by atoms with Crippen molar-refractivity contribution in [2.45, 2.75) is 18.5 Å². The van der Waals surface area contributed by atoms with Gasteiger partial charge in [-0.3, -0.25) is 0 Å². The molecule has 3 nitrogen and oxygen atoms in total. The maximum atomic E-state index is 3.81. The first-order valence-corrected chi connectivity index (χ1v) is 3.67. The summed E-state index contributed by atoms with van der Waals surface area (Å²) in [5.41, 5.74) is 0. The molecule has 0 aromatic carbocycles. The summed E-state index contributed by atoms with van der Waals surface area (Å²) < 4.78 is 1.80. The van der Waals surface area contributed by atoms with Crippen molar-refractivity contribution in [1.29, 1.82) is 0 Å². The van der Waals surface area contributed by atoms with E-state index in [2.05, 4.69) is 16.6 Å². The number of nitrogens with zero attached hydrogens (tertiary/aromatic N) is 3. The smallest absolute Gasteiger partial charge is 0.114 e. The standard InChI is InChI=1S/C5H8N3S/c1-3-8-5(9-2)4-6-7-8/h4H,2-3H2,1H3. The van der Waals surface area contributed by atoms with Gasteiger partial charge in [0, 0.05) is 12.8 Å². The van der Waals surface area contributed by atoms with Crippen LogP contribution in [-0.4, -0.2) is 15.0 Å². The minimum absolute atomic E-state index is 0.859. The van der Waals surface area contributed by atoms with E-state index in [9.17, 15) is 0 Å². The molecule has 4 heteroatoms. The molecular formula is C5H8N3S. The molecule has 0 N–H and O–H groups in total. The first-order valence-electron chi connectivity index (χ1n) is 2.69. The first kappa shape index (κ1) is 6.61. The highest BCUT2D eigenvalue weighted by Gasteiger charge is 1.96. The summed E-state index contributed by atoms with van der Waals surface area (Å²) in [6, 6.07) is 0. The molecular weight excluding hydrogens is 134 g/mol. The van der Waals surface area contributed by atoms with Crippen LogP contribution in [0.5, 0.6) is 0 Å². The van der Waals surface area contributed by atoms with E-state index in [-0.39, 0.29) is 0 Å². The van der Waals surface area contributed by atoms with Gasteiger partial charge in [0.25, 0.3) is 0 Å². The van der Waals surface area contributed by atoms with Gasteiger partial charge in [0.1, 0.15) is 5.03 Å². The molecule has 0 aliphatic heterocycles. The Morgan fingerprint density at radius 3 is 3.11 bits per heavy atom. The van der Waals surface area contributed by atoms with E-state index >= 15 is 0 Å². The summed E-state index contributed by atoms with van der Waals surface area (Å²) >= 11 is 1.41. The normalized spacial score (nSPS) is 10.0. The van der Waals surface area contributed by atoms with Gasteiger partial charge in [-0.05, 0) is 6.92 Å². The summed E-state index contributed by atoms with van der Waals surface area (Å²) in [5.74, 6) is 0. The van der Waals surface area contributed by atoms with Crippen molar-refractivity contribution in [2.75, 3.05) is 0 Å². The second-order valence-corrected chi connectivity index (χ2v) is 2.24. The second-order valence-electron chi connectivity index (χ2n) is 1.53. The molecule has 0 bridgehead atoms. The van der Waals surface area contributed by atoms with Crippen molar-refractivity contribution < 1.29 is 0 Å². The molecule has 9 heavy (non-hydrogen) atoms. The van der Waals surface area contributed by atoms with Crippen LogP contribution in [0.1, 0.15) is 6.92 Å². The minimum atomic E-state index is 0.859. The van der Waals surface area contributed by atoms with Gasteiger partial charge in [-0.1, -0.05) is 5.21 Å². The lowest BCUT2D eigenvalue weighted by molar-refractivity contribution is 0.583. The number of aryl methyl sites for hydroxylation is 1. The highest BCUT2D eigenvalue weighted by molar-refractivity contribution is 8.00. The fraction of sp³-hybridized carbons (Fsp3) is 0.400. The van der Waals surface area contributed by atoms with Crippen molar-refractivity contribution in [2.24, 2.45) is 0 Å². The third-order valence-corrected chi connectivity index (χ3v) is 1.64. The fourth-order valence-electron chi connectivity index (χ4n) is 0.579. The molecule has 1 radical (unpaired) electrons. The van der Waals surface area contributed by atoms with Crippen LogP contribution in [-0.2, 0) is 6.54 Å². The van der Waals surface area contributed by atoms with Gasteiger partial charge in [-0.25, -0.2) is 4.68 Å². The summed E-state index contributed by atoms with van der Waals surface area (Å²) in [4.78, 5) is 0. The number of rotatable bonds is 2. The molecule has 0 aliphatic carbocycles. The highest BCUT2D eigenvalue weighted by Crippen LogP contribution is 2.12. The van der Waals surface area contributed by atoms with Crippen LogP contribution in [0.15, 0.2) is 11.2 Å². The molecule has 0 saturated carbocycles. The molecule has 1 heterocycles. The Morgan fingerprint density at radius 1 is 1.89 bits per heavy atom. The van der Waals surface area contributed by atoms with E-state index in [1.165, 1.54) is 11.8 Å². The first-order chi connectivity index (χ1) is 4.38. The van der Waals surface area contributed by atoms with Crippen LogP contribution < -0.4 is 0 Å². The van der Waals surface area contributed by atoms with Gasteiger partial charge in [-0.15, -0.1) is 16.9 Å². The third-order valence-electron chi connectivity index (χ3n) is 1.03. The van der Waals surface area contributed by atoms with Gasteiger partial charge < -0.3 is 0 Å². The van der Waals surface area contributed by atoms with Crippen LogP contribution in [0.2, 0.25) is 0 Å². The van der Waals surface area contributed by atoms with Gasteiger partial charge in [0.05, 0.1) is 6.20 Å². The van der Waals surface area contributed by atoms with Crippen molar-refractivity contribution in [3.05, 3.63) is 12.5 Å². The Labute approximate surface area is 58.4 Å². The van der Waals surface area contributed by atoms with E-state index in [1.54, 1.807) is 10.9 Å². The number of aromatic nitrogens is 3. The average Bonchev–Trinajstić information content (AvgIpc) is 2.33. The van der Waals surface area contributed by atoms with Crippen molar-refractivity contribution >= 4 is 11.8 Å². The summed E-state index contributed by atoms with van der Waals surface area (Å²) in [5, 5.41) is 8.54. The minimum Gasteiger partial charge on any atom is -0.239 e. The van der Waals surface area contributed by atoms with Crippen LogP contribution in [0.25, 0.3) is 0 Å². The molecule has 0 aliphatic rings. The van der Waals surface area contributed by atoms with E-state index in [0.29, 0.717) is 0 Å². The molecule has 1 rings (SSSR count). The number of thioether (sulfide) groups is 1. The maximum absolute atomic E-state index is 3.81. The van der Waals surface area contributed by atoms with Gasteiger partial charge >= 0.3 is 0 Å². The Balaban J connectivity index is 2.85. The average molecular weight is 142 g/mol. The maximum Gasteiger partial charge on any atom is 0.114 e. The lowest BCUT2D eigenvalue weighted by Gasteiger charge is -1.95. The van der Waals surface area contributed by atoms with Crippen LogP contribution in [0.3, 0.4) is 0 Å². The number of hydrogen-bond donors (Lipinski definition) is 0. The molecule has 0 atom stereocenters. The summed E-state index contributed by atoms with van der Waals surface area (Å²) in [6.45, 7) is 2.88. The van der Waals surface area contributed by atoms with Crippen molar-refractivity contribution in [3.8, 4) is 0 Å². The zero-order valence-electron chi connectivity index (χ0n) is 5.24. The molecule has 0 amide bonds.